The lowest BCUT2D eigenvalue weighted by molar-refractivity contribution is 0.161. The molecule has 2 N–H and O–H groups in total. The number of rotatable bonds is 1. The van der Waals surface area contributed by atoms with Crippen LogP contribution in [0.4, 0.5) is 4.39 Å². The maximum atomic E-state index is 13.2. The van der Waals surface area contributed by atoms with Crippen molar-refractivity contribution in [1.29, 1.82) is 0 Å². The molecule has 0 amide bonds. The van der Waals surface area contributed by atoms with Gasteiger partial charge in [0.25, 0.3) is 0 Å². The van der Waals surface area contributed by atoms with Crippen molar-refractivity contribution in [2.24, 2.45) is 5.73 Å². The van der Waals surface area contributed by atoms with E-state index in [1.165, 1.54) is 12.1 Å². The first kappa shape index (κ1) is 13.4. The number of benzene rings is 2. The second kappa shape index (κ2) is 5.08. The van der Waals surface area contributed by atoms with Crippen molar-refractivity contribution in [3.63, 3.8) is 0 Å². The maximum Gasteiger partial charge on any atom is 0.126 e. The molecule has 0 saturated heterocycles. The fourth-order valence-electron chi connectivity index (χ4n) is 2.67. The lowest BCUT2D eigenvalue weighted by Crippen LogP contribution is -2.24. The Morgan fingerprint density at radius 2 is 2.00 bits per heavy atom. The highest BCUT2D eigenvalue weighted by Gasteiger charge is 2.28. The monoisotopic (exact) mass is 291 g/mol. The van der Waals surface area contributed by atoms with Crippen LogP contribution in [0, 0.1) is 12.7 Å². The summed E-state index contributed by atoms with van der Waals surface area (Å²) in [6.45, 7) is 1.88. The summed E-state index contributed by atoms with van der Waals surface area (Å²) in [4.78, 5) is 0. The molecule has 1 aliphatic rings. The number of hydrogen-bond donors (Lipinski definition) is 1. The normalized spacial score (nSPS) is 21.2. The van der Waals surface area contributed by atoms with Gasteiger partial charge in [-0.25, -0.2) is 4.39 Å². The largest absolute Gasteiger partial charge is 0.485 e. The third kappa shape index (κ3) is 2.39. The smallest absolute Gasteiger partial charge is 0.126 e. The van der Waals surface area contributed by atoms with E-state index in [1.54, 1.807) is 12.1 Å². The third-order valence-electron chi connectivity index (χ3n) is 3.69. The summed E-state index contributed by atoms with van der Waals surface area (Å²) in [7, 11) is 0. The Kier molecular flexibility index (Phi) is 3.40. The van der Waals surface area contributed by atoms with E-state index < -0.39 is 0 Å². The van der Waals surface area contributed by atoms with Crippen LogP contribution in [0.1, 0.15) is 35.3 Å². The zero-order valence-electron chi connectivity index (χ0n) is 11.1. The summed E-state index contributed by atoms with van der Waals surface area (Å²) in [5, 5.41) is 0.652. The molecule has 2 aromatic rings. The summed E-state index contributed by atoms with van der Waals surface area (Å²) >= 11 is 5.99. The quantitative estimate of drug-likeness (QED) is 0.849. The van der Waals surface area contributed by atoms with Gasteiger partial charge in [-0.05, 0) is 48.4 Å². The van der Waals surface area contributed by atoms with E-state index in [-0.39, 0.29) is 18.0 Å². The lowest BCUT2D eigenvalue weighted by atomic mass is 9.92. The van der Waals surface area contributed by atoms with Crippen molar-refractivity contribution in [2.45, 2.75) is 25.5 Å². The van der Waals surface area contributed by atoms with Crippen LogP contribution in [0.25, 0.3) is 0 Å². The SMILES string of the molecule is Cc1cc(F)ccc1C1C[C@H](N)c2cc(Cl)ccc2O1. The van der Waals surface area contributed by atoms with Gasteiger partial charge in [-0.1, -0.05) is 17.7 Å². The number of hydrogen-bond acceptors (Lipinski definition) is 2. The zero-order valence-corrected chi connectivity index (χ0v) is 11.8. The molecule has 2 atom stereocenters. The molecule has 104 valence electrons. The van der Waals surface area contributed by atoms with Gasteiger partial charge in [0, 0.05) is 23.0 Å². The molecular formula is C16H15ClFNO. The Balaban J connectivity index is 1.97. The van der Waals surface area contributed by atoms with Crippen molar-refractivity contribution in [1.82, 2.24) is 0 Å². The van der Waals surface area contributed by atoms with Gasteiger partial charge >= 0.3 is 0 Å². The number of nitrogens with two attached hydrogens (primary N) is 1. The minimum Gasteiger partial charge on any atom is -0.485 e. The maximum absolute atomic E-state index is 13.2. The fourth-order valence-corrected chi connectivity index (χ4v) is 2.85. The molecule has 0 fully saturated rings. The molecule has 1 aliphatic heterocycles. The average Bonchev–Trinajstić information content (AvgIpc) is 2.39. The van der Waals surface area contributed by atoms with Gasteiger partial charge in [0.2, 0.25) is 0 Å². The van der Waals surface area contributed by atoms with E-state index in [4.69, 9.17) is 22.1 Å². The van der Waals surface area contributed by atoms with Gasteiger partial charge in [0.1, 0.15) is 17.7 Å². The van der Waals surface area contributed by atoms with Crippen LogP contribution in [0.2, 0.25) is 5.02 Å². The summed E-state index contributed by atoms with van der Waals surface area (Å²) < 4.78 is 19.2. The molecule has 0 saturated carbocycles. The van der Waals surface area contributed by atoms with E-state index in [2.05, 4.69) is 0 Å². The van der Waals surface area contributed by atoms with Crippen LogP contribution in [-0.2, 0) is 0 Å². The van der Waals surface area contributed by atoms with E-state index in [0.717, 1.165) is 22.4 Å². The summed E-state index contributed by atoms with van der Waals surface area (Å²) in [5.74, 6) is 0.514. The molecule has 0 spiro atoms. The first-order chi connectivity index (χ1) is 9.54. The Bertz CT molecular complexity index is 659. The van der Waals surface area contributed by atoms with Gasteiger partial charge in [0.05, 0.1) is 0 Å². The number of fused-ring (bicyclic) bond motifs is 1. The number of ether oxygens (including phenoxy) is 1. The van der Waals surface area contributed by atoms with E-state index in [9.17, 15) is 4.39 Å². The molecule has 1 unspecified atom stereocenters. The molecule has 0 bridgehead atoms. The molecule has 2 aromatic carbocycles. The molecule has 3 rings (SSSR count). The van der Waals surface area contributed by atoms with Gasteiger partial charge in [-0.3, -0.25) is 0 Å². The number of halogens is 2. The standard InChI is InChI=1S/C16H15ClFNO/c1-9-6-11(18)3-4-12(9)16-8-14(19)13-7-10(17)2-5-15(13)20-16/h2-7,14,16H,8,19H2,1H3/t14-,16?/m0/s1. The summed E-state index contributed by atoms with van der Waals surface area (Å²) in [6.07, 6.45) is 0.499. The third-order valence-corrected chi connectivity index (χ3v) is 3.92. The van der Waals surface area contributed by atoms with Crippen molar-refractivity contribution >= 4 is 11.6 Å². The molecular weight excluding hydrogens is 277 g/mol. The molecule has 0 aromatic heterocycles. The second-order valence-electron chi connectivity index (χ2n) is 5.13. The fraction of sp³-hybridized carbons (Fsp3) is 0.250. The highest BCUT2D eigenvalue weighted by atomic mass is 35.5. The number of aryl methyl sites for hydroxylation is 1. The summed E-state index contributed by atoms with van der Waals surface area (Å²) in [6, 6.07) is 10.1. The van der Waals surface area contributed by atoms with Crippen LogP contribution < -0.4 is 10.5 Å². The molecule has 2 nitrogen and oxygen atoms in total. The topological polar surface area (TPSA) is 35.2 Å². The highest BCUT2D eigenvalue weighted by Crippen LogP contribution is 2.41. The minimum absolute atomic E-state index is 0.132. The van der Waals surface area contributed by atoms with E-state index in [0.29, 0.717) is 11.4 Å². The van der Waals surface area contributed by atoms with Crippen LogP contribution >= 0.6 is 11.6 Å². The zero-order chi connectivity index (χ0) is 14.3. The van der Waals surface area contributed by atoms with Crippen molar-refractivity contribution in [3.8, 4) is 5.75 Å². The second-order valence-corrected chi connectivity index (χ2v) is 5.57. The Labute approximate surface area is 122 Å². The predicted octanol–water partition coefficient (Wildman–Crippen LogP) is 4.31. The van der Waals surface area contributed by atoms with Gasteiger partial charge in [0.15, 0.2) is 0 Å². The predicted molar refractivity (Wildman–Crippen MR) is 77.5 cm³/mol. The van der Waals surface area contributed by atoms with Crippen molar-refractivity contribution in [2.75, 3.05) is 0 Å². The van der Waals surface area contributed by atoms with Crippen LogP contribution in [0.15, 0.2) is 36.4 Å². The molecule has 0 radical (unpaired) electrons. The van der Waals surface area contributed by atoms with E-state index in [1.807, 2.05) is 19.1 Å². The molecule has 0 aliphatic carbocycles. The van der Waals surface area contributed by atoms with Crippen LogP contribution in [0.3, 0.4) is 0 Å². The Morgan fingerprint density at radius 3 is 2.75 bits per heavy atom. The van der Waals surface area contributed by atoms with Gasteiger partial charge in [-0.2, -0.15) is 0 Å². The summed E-state index contributed by atoms with van der Waals surface area (Å²) in [5.41, 5.74) is 8.98. The van der Waals surface area contributed by atoms with Crippen LogP contribution in [0.5, 0.6) is 5.75 Å². The molecule has 20 heavy (non-hydrogen) atoms. The lowest BCUT2D eigenvalue weighted by Gasteiger charge is -2.31. The Morgan fingerprint density at radius 1 is 1.20 bits per heavy atom. The first-order valence-corrected chi connectivity index (χ1v) is 6.90. The van der Waals surface area contributed by atoms with Crippen molar-refractivity contribution in [3.05, 3.63) is 63.9 Å². The Hall–Kier alpha value is -1.58. The van der Waals surface area contributed by atoms with Crippen LogP contribution in [-0.4, -0.2) is 0 Å². The average molecular weight is 292 g/mol. The molecule has 1 heterocycles. The molecule has 4 heteroatoms. The minimum atomic E-state index is -0.237. The highest BCUT2D eigenvalue weighted by molar-refractivity contribution is 6.30. The van der Waals surface area contributed by atoms with E-state index >= 15 is 0 Å². The first-order valence-electron chi connectivity index (χ1n) is 6.52. The van der Waals surface area contributed by atoms with Gasteiger partial charge < -0.3 is 10.5 Å². The van der Waals surface area contributed by atoms with Crippen molar-refractivity contribution < 1.29 is 9.13 Å². The van der Waals surface area contributed by atoms with Gasteiger partial charge in [-0.15, -0.1) is 0 Å².